The highest BCUT2D eigenvalue weighted by Gasteiger charge is 2.13. The smallest absolute Gasteiger partial charge is 0.220 e. The van der Waals surface area contributed by atoms with E-state index in [1.54, 1.807) is 10.9 Å². The number of amides is 1. The highest BCUT2D eigenvalue weighted by Crippen LogP contribution is 2.20. The van der Waals surface area contributed by atoms with Gasteiger partial charge in [0.05, 0.1) is 17.6 Å². The van der Waals surface area contributed by atoms with Crippen LogP contribution in [0.1, 0.15) is 37.8 Å². The third kappa shape index (κ3) is 3.32. The summed E-state index contributed by atoms with van der Waals surface area (Å²) in [5.74, 6) is 0.915. The second-order valence-electron chi connectivity index (χ2n) is 6.20. The van der Waals surface area contributed by atoms with Crippen molar-refractivity contribution in [1.29, 1.82) is 0 Å². The summed E-state index contributed by atoms with van der Waals surface area (Å²) in [5, 5.41) is 7.10. The van der Waals surface area contributed by atoms with E-state index >= 15 is 0 Å². The summed E-state index contributed by atoms with van der Waals surface area (Å²) in [6.07, 6.45) is 2.88. The SMILES string of the molecule is CC(C)n1c(CNC(=O)CCc2ccnn2C)nc2ccccc21. The molecule has 0 aliphatic heterocycles. The van der Waals surface area contributed by atoms with Gasteiger partial charge in [-0.15, -0.1) is 0 Å². The number of carbonyl (C=O) groups excluding carboxylic acids is 1. The third-order valence-electron chi connectivity index (χ3n) is 4.16. The first-order valence-corrected chi connectivity index (χ1v) is 8.25. The Morgan fingerprint density at radius 3 is 2.75 bits per heavy atom. The number of aromatic nitrogens is 4. The van der Waals surface area contributed by atoms with Gasteiger partial charge in [-0.05, 0) is 38.5 Å². The lowest BCUT2D eigenvalue weighted by atomic mass is 10.2. The van der Waals surface area contributed by atoms with E-state index in [4.69, 9.17) is 0 Å². The summed E-state index contributed by atoms with van der Waals surface area (Å²) < 4.78 is 3.97. The van der Waals surface area contributed by atoms with E-state index in [2.05, 4.69) is 39.9 Å². The van der Waals surface area contributed by atoms with Gasteiger partial charge in [0, 0.05) is 31.4 Å². The van der Waals surface area contributed by atoms with Crippen molar-refractivity contribution in [2.24, 2.45) is 7.05 Å². The van der Waals surface area contributed by atoms with Crippen LogP contribution in [-0.2, 0) is 24.8 Å². The van der Waals surface area contributed by atoms with Crippen LogP contribution in [-0.4, -0.2) is 25.2 Å². The van der Waals surface area contributed by atoms with Gasteiger partial charge in [0.2, 0.25) is 5.91 Å². The Hall–Kier alpha value is -2.63. The largest absolute Gasteiger partial charge is 0.349 e. The van der Waals surface area contributed by atoms with Crippen molar-refractivity contribution < 1.29 is 4.79 Å². The third-order valence-corrected chi connectivity index (χ3v) is 4.16. The molecule has 0 spiro atoms. The molecule has 0 saturated carbocycles. The van der Waals surface area contributed by atoms with Crippen LogP contribution in [0.5, 0.6) is 0 Å². The van der Waals surface area contributed by atoms with Gasteiger partial charge in [-0.25, -0.2) is 4.98 Å². The molecule has 1 aromatic carbocycles. The van der Waals surface area contributed by atoms with Crippen LogP contribution >= 0.6 is 0 Å². The maximum Gasteiger partial charge on any atom is 0.220 e. The van der Waals surface area contributed by atoms with Gasteiger partial charge in [0.25, 0.3) is 0 Å². The standard InChI is InChI=1S/C18H23N5O/c1-13(2)23-16-7-5-4-6-15(16)21-17(23)12-19-18(24)9-8-14-10-11-20-22(14)3/h4-7,10-11,13H,8-9,12H2,1-3H3,(H,19,24). The van der Waals surface area contributed by atoms with Gasteiger partial charge < -0.3 is 9.88 Å². The Balaban J connectivity index is 1.66. The quantitative estimate of drug-likeness (QED) is 0.757. The maximum absolute atomic E-state index is 12.1. The highest BCUT2D eigenvalue weighted by molar-refractivity contribution is 5.77. The van der Waals surface area contributed by atoms with Crippen molar-refractivity contribution in [3.8, 4) is 0 Å². The van der Waals surface area contributed by atoms with Crippen molar-refractivity contribution in [1.82, 2.24) is 24.6 Å². The van der Waals surface area contributed by atoms with Crippen molar-refractivity contribution >= 4 is 16.9 Å². The molecule has 0 bridgehead atoms. The number of carbonyl (C=O) groups is 1. The second kappa shape index (κ2) is 6.86. The molecule has 3 aromatic rings. The number of nitrogens with zero attached hydrogens (tertiary/aromatic N) is 4. The number of hydrogen-bond acceptors (Lipinski definition) is 3. The van der Waals surface area contributed by atoms with E-state index < -0.39 is 0 Å². The van der Waals surface area contributed by atoms with Crippen molar-refractivity contribution in [3.05, 3.63) is 48.0 Å². The van der Waals surface area contributed by atoms with Crippen molar-refractivity contribution in [2.45, 2.75) is 39.3 Å². The molecule has 1 N–H and O–H groups in total. The summed E-state index contributed by atoms with van der Waals surface area (Å²) in [4.78, 5) is 16.8. The molecule has 6 heteroatoms. The number of para-hydroxylation sites is 2. The van der Waals surface area contributed by atoms with Crippen LogP contribution < -0.4 is 5.32 Å². The molecule has 0 unspecified atom stereocenters. The fraction of sp³-hybridized carbons (Fsp3) is 0.389. The Bertz CT molecular complexity index is 846. The monoisotopic (exact) mass is 325 g/mol. The van der Waals surface area contributed by atoms with Crippen molar-refractivity contribution in [2.75, 3.05) is 0 Å². The molecule has 3 rings (SSSR count). The Morgan fingerprint density at radius 1 is 1.25 bits per heavy atom. The van der Waals surface area contributed by atoms with Crippen LogP contribution in [0.15, 0.2) is 36.5 Å². The zero-order valence-corrected chi connectivity index (χ0v) is 14.4. The van der Waals surface area contributed by atoms with E-state index in [-0.39, 0.29) is 5.91 Å². The number of fused-ring (bicyclic) bond motifs is 1. The minimum atomic E-state index is 0.0264. The maximum atomic E-state index is 12.1. The van der Waals surface area contributed by atoms with Gasteiger partial charge >= 0.3 is 0 Å². The van der Waals surface area contributed by atoms with E-state index in [0.717, 1.165) is 22.6 Å². The van der Waals surface area contributed by atoms with Gasteiger partial charge in [0.15, 0.2) is 0 Å². The lowest BCUT2D eigenvalue weighted by molar-refractivity contribution is -0.121. The van der Waals surface area contributed by atoms with Crippen LogP contribution in [0.25, 0.3) is 11.0 Å². The minimum absolute atomic E-state index is 0.0264. The van der Waals surface area contributed by atoms with Gasteiger partial charge in [-0.1, -0.05) is 12.1 Å². The molecule has 6 nitrogen and oxygen atoms in total. The van der Waals surface area contributed by atoms with Crippen LogP contribution in [0.2, 0.25) is 0 Å². The lowest BCUT2D eigenvalue weighted by Gasteiger charge is -2.13. The molecule has 2 aromatic heterocycles. The predicted octanol–water partition coefficient (Wildman–Crippen LogP) is 2.60. The molecule has 0 atom stereocenters. The number of aryl methyl sites for hydroxylation is 2. The van der Waals surface area contributed by atoms with E-state index in [1.807, 2.05) is 31.3 Å². The number of nitrogens with one attached hydrogen (secondary N) is 1. The second-order valence-corrected chi connectivity index (χ2v) is 6.20. The minimum Gasteiger partial charge on any atom is -0.349 e. The molecule has 0 aliphatic carbocycles. The average Bonchev–Trinajstić information content (AvgIpc) is 3.13. The zero-order valence-electron chi connectivity index (χ0n) is 14.4. The summed E-state index contributed by atoms with van der Waals surface area (Å²) >= 11 is 0. The van der Waals surface area contributed by atoms with Crippen LogP contribution in [0.3, 0.4) is 0 Å². The first kappa shape index (κ1) is 16.2. The Labute approximate surface area is 141 Å². The first-order valence-electron chi connectivity index (χ1n) is 8.25. The summed E-state index contributed by atoms with van der Waals surface area (Å²) in [5.41, 5.74) is 3.12. The fourth-order valence-corrected chi connectivity index (χ4v) is 2.95. The van der Waals surface area contributed by atoms with Crippen LogP contribution in [0, 0.1) is 0 Å². The topological polar surface area (TPSA) is 64.7 Å². The number of imidazole rings is 1. The van der Waals surface area contributed by atoms with Gasteiger partial charge in [0.1, 0.15) is 5.82 Å². The molecule has 24 heavy (non-hydrogen) atoms. The Morgan fingerprint density at radius 2 is 2.04 bits per heavy atom. The van der Waals surface area contributed by atoms with Crippen LogP contribution in [0.4, 0.5) is 0 Å². The Kier molecular flexibility index (Phi) is 4.64. The van der Waals surface area contributed by atoms with Crippen molar-refractivity contribution in [3.63, 3.8) is 0 Å². The molecule has 0 aliphatic rings. The average molecular weight is 325 g/mol. The number of hydrogen-bond donors (Lipinski definition) is 1. The summed E-state index contributed by atoms with van der Waals surface area (Å²) in [7, 11) is 1.89. The molecular formula is C18H23N5O. The number of benzene rings is 1. The molecule has 1 amide bonds. The van der Waals surface area contributed by atoms with Gasteiger partial charge in [-0.3, -0.25) is 9.48 Å². The normalized spacial score (nSPS) is 11.3. The number of rotatable bonds is 6. The zero-order chi connectivity index (χ0) is 17.1. The molecular weight excluding hydrogens is 302 g/mol. The van der Waals surface area contributed by atoms with Gasteiger partial charge in [-0.2, -0.15) is 5.10 Å². The summed E-state index contributed by atoms with van der Waals surface area (Å²) in [6, 6.07) is 10.3. The molecule has 126 valence electrons. The molecule has 2 heterocycles. The highest BCUT2D eigenvalue weighted by atomic mass is 16.1. The first-order chi connectivity index (χ1) is 11.6. The molecule has 0 fully saturated rings. The van der Waals surface area contributed by atoms with E-state index in [9.17, 15) is 4.79 Å². The fourth-order valence-electron chi connectivity index (χ4n) is 2.95. The van der Waals surface area contributed by atoms with E-state index in [0.29, 0.717) is 25.4 Å². The lowest BCUT2D eigenvalue weighted by Crippen LogP contribution is -2.25. The van der Waals surface area contributed by atoms with E-state index in [1.165, 1.54) is 0 Å². The predicted molar refractivity (Wildman–Crippen MR) is 93.5 cm³/mol. The summed E-state index contributed by atoms with van der Waals surface area (Å²) in [6.45, 7) is 4.70. The molecule has 0 radical (unpaired) electrons. The molecule has 0 saturated heterocycles.